The second-order valence-electron chi connectivity index (χ2n) is 9.65. The number of phenolic OH excluding ortho intramolecular Hbond substituents is 1. The van der Waals surface area contributed by atoms with Crippen molar-refractivity contribution in [2.45, 2.75) is 26.1 Å². The number of alkyl halides is 3. The predicted molar refractivity (Wildman–Crippen MR) is 151 cm³/mol. The van der Waals surface area contributed by atoms with Crippen molar-refractivity contribution in [3.63, 3.8) is 0 Å². The van der Waals surface area contributed by atoms with Crippen molar-refractivity contribution in [1.82, 2.24) is 9.97 Å². The first kappa shape index (κ1) is 28.9. The summed E-state index contributed by atoms with van der Waals surface area (Å²) in [5.41, 5.74) is 2.61. The Balaban J connectivity index is 1.34. The van der Waals surface area contributed by atoms with Crippen LogP contribution in [0.4, 0.5) is 40.7 Å². The molecular weight excluding hydrogens is 552 g/mol. The van der Waals surface area contributed by atoms with Crippen molar-refractivity contribution in [3.8, 4) is 16.9 Å². The van der Waals surface area contributed by atoms with E-state index in [4.69, 9.17) is 4.74 Å². The molecule has 1 fully saturated rings. The quantitative estimate of drug-likeness (QED) is 0.166. The molecule has 1 aliphatic rings. The minimum Gasteiger partial charge on any atom is -0.508 e. The SMILES string of the molecule is CCc1cc(Nc2cc(-c3cccc(O)c3)cc(C(F)(F)F)c2)ccc1CN=Nc1ncc(F)c(N2CCOCC2)n1. The largest absolute Gasteiger partial charge is 0.508 e. The Morgan fingerprint density at radius 2 is 1.79 bits per heavy atom. The molecule has 0 unspecified atom stereocenters. The second-order valence-corrected chi connectivity index (χ2v) is 9.65. The molecule has 0 atom stereocenters. The molecule has 0 amide bonds. The molecule has 2 N–H and O–H groups in total. The summed E-state index contributed by atoms with van der Waals surface area (Å²) in [4.78, 5) is 9.90. The molecule has 8 nitrogen and oxygen atoms in total. The maximum absolute atomic E-state index is 14.3. The molecule has 1 aromatic heterocycles. The van der Waals surface area contributed by atoms with Gasteiger partial charge >= 0.3 is 6.18 Å². The smallest absolute Gasteiger partial charge is 0.416 e. The fraction of sp³-hybridized carbons (Fsp3) is 0.267. The van der Waals surface area contributed by atoms with Gasteiger partial charge in [0.15, 0.2) is 11.6 Å². The monoisotopic (exact) mass is 580 g/mol. The van der Waals surface area contributed by atoms with Crippen molar-refractivity contribution in [3.05, 3.63) is 89.4 Å². The highest BCUT2D eigenvalue weighted by atomic mass is 19.4. The summed E-state index contributed by atoms with van der Waals surface area (Å²) in [6.07, 6.45) is -2.83. The summed E-state index contributed by atoms with van der Waals surface area (Å²) < 4.78 is 60.7. The zero-order chi connectivity index (χ0) is 29.7. The lowest BCUT2D eigenvalue weighted by atomic mass is 10.0. The molecule has 0 bridgehead atoms. The number of anilines is 3. The summed E-state index contributed by atoms with van der Waals surface area (Å²) in [5, 5.41) is 21.2. The molecule has 42 heavy (non-hydrogen) atoms. The van der Waals surface area contributed by atoms with Crippen molar-refractivity contribution in [2.24, 2.45) is 10.2 Å². The van der Waals surface area contributed by atoms with E-state index in [1.54, 1.807) is 29.2 Å². The third kappa shape index (κ3) is 7.00. The van der Waals surface area contributed by atoms with E-state index >= 15 is 0 Å². The highest BCUT2D eigenvalue weighted by Crippen LogP contribution is 2.36. The molecule has 0 radical (unpaired) electrons. The number of phenols is 1. The molecule has 2 heterocycles. The predicted octanol–water partition coefficient (Wildman–Crippen LogP) is 7.43. The van der Waals surface area contributed by atoms with Gasteiger partial charge in [0, 0.05) is 24.5 Å². The van der Waals surface area contributed by atoms with Crippen LogP contribution in [-0.2, 0) is 23.9 Å². The van der Waals surface area contributed by atoms with E-state index in [1.165, 1.54) is 12.1 Å². The van der Waals surface area contributed by atoms with Gasteiger partial charge < -0.3 is 20.1 Å². The molecule has 5 rings (SSSR count). The average molecular weight is 581 g/mol. The normalized spacial score (nSPS) is 14.0. The van der Waals surface area contributed by atoms with E-state index in [0.717, 1.165) is 29.5 Å². The number of rotatable bonds is 8. The van der Waals surface area contributed by atoms with Crippen LogP contribution < -0.4 is 10.2 Å². The molecule has 12 heteroatoms. The number of nitrogens with zero attached hydrogens (tertiary/aromatic N) is 5. The first-order valence-electron chi connectivity index (χ1n) is 13.3. The Hall–Kier alpha value is -4.58. The van der Waals surface area contributed by atoms with Crippen LogP contribution in [0.5, 0.6) is 5.75 Å². The first-order valence-corrected chi connectivity index (χ1v) is 13.3. The molecule has 3 aromatic carbocycles. The van der Waals surface area contributed by atoms with Gasteiger partial charge in [0.25, 0.3) is 5.95 Å². The summed E-state index contributed by atoms with van der Waals surface area (Å²) in [6.45, 7) is 4.17. The van der Waals surface area contributed by atoms with Crippen LogP contribution >= 0.6 is 0 Å². The summed E-state index contributed by atoms with van der Waals surface area (Å²) in [5.74, 6) is -0.375. The van der Waals surface area contributed by atoms with Gasteiger partial charge in [0.1, 0.15) is 5.75 Å². The number of benzene rings is 3. The van der Waals surface area contributed by atoms with Crippen LogP contribution in [0, 0.1) is 5.82 Å². The van der Waals surface area contributed by atoms with Gasteiger partial charge in [-0.15, -0.1) is 5.11 Å². The van der Waals surface area contributed by atoms with E-state index in [9.17, 15) is 22.7 Å². The van der Waals surface area contributed by atoms with E-state index in [2.05, 4.69) is 25.5 Å². The number of nitrogens with one attached hydrogen (secondary N) is 1. The van der Waals surface area contributed by atoms with Gasteiger partial charge in [0.05, 0.1) is 31.5 Å². The lowest BCUT2D eigenvalue weighted by Gasteiger charge is -2.27. The van der Waals surface area contributed by atoms with E-state index in [-0.39, 0.29) is 29.7 Å². The van der Waals surface area contributed by atoms with Gasteiger partial charge in [-0.3, -0.25) is 0 Å². The Morgan fingerprint density at radius 1 is 0.976 bits per heavy atom. The Kier molecular flexibility index (Phi) is 8.62. The number of aromatic hydroxyl groups is 1. The zero-order valence-electron chi connectivity index (χ0n) is 22.7. The van der Waals surface area contributed by atoms with Crippen molar-refractivity contribution in [2.75, 3.05) is 36.5 Å². The number of hydrogen-bond acceptors (Lipinski definition) is 8. The fourth-order valence-corrected chi connectivity index (χ4v) is 4.64. The topological polar surface area (TPSA) is 95.2 Å². The lowest BCUT2D eigenvalue weighted by molar-refractivity contribution is -0.137. The van der Waals surface area contributed by atoms with Gasteiger partial charge in [-0.2, -0.15) is 23.3 Å². The first-order chi connectivity index (χ1) is 20.2. The molecule has 0 spiro atoms. The average Bonchev–Trinajstić information content (AvgIpc) is 2.98. The van der Waals surface area contributed by atoms with Gasteiger partial charge in [-0.1, -0.05) is 25.1 Å². The van der Waals surface area contributed by atoms with Crippen LogP contribution in [0.15, 0.2) is 77.1 Å². The third-order valence-corrected chi connectivity index (χ3v) is 6.74. The van der Waals surface area contributed by atoms with Crippen LogP contribution in [0.3, 0.4) is 0 Å². The molecule has 4 aromatic rings. The van der Waals surface area contributed by atoms with Gasteiger partial charge in [-0.05, 0) is 71.1 Å². The summed E-state index contributed by atoms with van der Waals surface area (Å²) in [7, 11) is 0. The van der Waals surface area contributed by atoms with Gasteiger partial charge in [0.2, 0.25) is 0 Å². The van der Waals surface area contributed by atoms with Gasteiger partial charge in [-0.25, -0.2) is 9.37 Å². The fourth-order valence-electron chi connectivity index (χ4n) is 4.64. The zero-order valence-corrected chi connectivity index (χ0v) is 22.7. The molecule has 1 saturated heterocycles. The highest BCUT2D eigenvalue weighted by molar-refractivity contribution is 5.73. The number of morpholine rings is 1. The highest BCUT2D eigenvalue weighted by Gasteiger charge is 2.31. The molecule has 1 aliphatic heterocycles. The Bertz CT molecular complexity index is 1590. The standard InChI is InChI=1S/C30H28F4N6O2/c1-2-19-13-24(37-25-14-22(12-23(16-25)30(32,33)34)20-4-3-5-26(41)15-20)7-6-21(19)17-36-39-29-35-18-27(31)28(38-29)40-8-10-42-11-9-40/h3-7,12-16,18,37,41H,2,8-11,17H2,1H3. The maximum atomic E-state index is 14.3. The maximum Gasteiger partial charge on any atom is 0.416 e. The number of aryl methyl sites for hydroxylation is 1. The number of azo groups is 1. The minimum atomic E-state index is -4.55. The second kappa shape index (κ2) is 12.5. The minimum absolute atomic E-state index is 0.0386. The third-order valence-electron chi connectivity index (χ3n) is 6.74. The van der Waals surface area contributed by atoms with Crippen molar-refractivity contribution in [1.29, 1.82) is 0 Å². The number of halogens is 4. The van der Waals surface area contributed by atoms with Crippen molar-refractivity contribution < 1.29 is 27.4 Å². The molecule has 218 valence electrons. The Labute approximate surface area is 239 Å². The molecular formula is C30H28F4N6O2. The van der Waals surface area contributed by atoms with Crippen LogP contribution in [0.2, 0.25) is 0 Å². The number of hydrogen-bond donors (Lipinski definition) is 2. The summed E-state index contributed by atoms with van der Waals surface area (Å²) >= 11 is 0. The summed E-state index contributed by atoms with van der Waals surface area (Å²) in [6, 6.07) is 15.2. The number of ether oxygens (including phenoxy) is 1. The molecule has 0 aliphatic carbocycles. The lowest BCUT2D eigenvalue weighted by Crippen LogP contribution is -2.37. The van der Waals surface area contributed by atoms with Crippen LogP contribution in [-0.4, -0.2) is 41.4 Å². The van der Waals surface area contributed by atoms with Crippen LogP contribution in [0.1, 0.15) is 23.6 Å². The van der Waals surface area contributed by atoms with E-state index < -0.39 is 17.6 Å². The Morgan fingerprint density at radius 3 is 2.52 bits per heavy atom. The van der Waals surface area contributed by atoms with Crippen molar-refractivity contribution >= 4 is 23.1 Å². The molecule has 0 saturated carbocycles. The number of aromatic nitrogens is 2. The van der Waals surface area contributed by atoms with E-state index in [0.29, 0.717) is 49.5 Å². The van der Waals surface area contributed by atoms with Crippen LogP contribution in [0.25, 0.3) is 11.1 Å². The van der Waals surface area contributed by atoms with E-state index in [1.807, 2.05) is 19.1 Å².